The first-order valence-electron chi connectivity index (χ1n) is 9.87. The number of hydrogen-bond acceptors (Lipinski definition) is 5. The molecular weight excluding hydrogens is 366 g/mol. The summed E-state index contributed by atoms with van der Waals surface area (Å²) in [6, 6.07) is 11.3. The van der Waals surface area contributed by atoms with Crippen LogP contribution in [-0.4, -0.2) is 51.6 Å². The van der Waals surface area contributed by atoms with E-state index in [0.717, 1.165) is 30.9 Å². The molecule has 1 N–H and O–H groups in total. The molecule has 0 atom stereocenters. The van der Waals surface area contributed by atoms with Gasteiger partial charge in [0.1, 0.15) is 24.5 Å². The van der Waals surface area contributed by atoms with E-state index in [1.165, 1.54) is 0 Å². The first kappa shape index (κ1) is 20.5. The molecule has 7 heteroatoms. The summed E-state index contributed by atoms with van der Waals surface area (Å²) in [5.41, 5.74) is 1.46. The minimum Gasteiger partial charge on any atom is -0.492 e. The molecule has 3 rings (SSSR count). The summed E-state index contributed by atoms with van der Waals surface area (Å²) in [6.07, 6.45) is 6.72. The van der Waals surface area contributed by atoms with Crippen molar-refractivity contribution in [3.05, 3.63) is 72.4 Å². The minimum absolute atomic E-state index is 0.173. The van der Waals surface area contributed by atoms with Crippen LogP contribution in [0.25, 0.3) is 5.82 Å². The van der Waals surface area contributed by atoms with Gasteiger partial charge >= 0.3 is 0 Å². The Kier molecular flexibility index (Phi) is 7.35. The molecule has 29 heavy (non-hydrogen) atoms. The molecule has 0 aliphatic rings. The van der Waals surface area contributed by atoms with E-state index in [9.17, 15) is 4.79 Å². The molecule has 0 saturated carbocycles. The van der Waals surface area contributed by atoms with Gasteiger partial charge in [0.25, 0.3) is 5.91 Å². The summed E-state index contributed by atoms with van der Waals surface area (Å²) in [5, 5.41) is 2.94. The van der Waals surface area contributed by atoms with E-state index < -0.39 is 0 Å². The lowest BCUT2D eigenvalue weighted by Gasteiger charge is -2.19. The van der Waals surface area contributed by atoms with Crippen LogP contribution in [0.15, 0.2) is 61.3 Å². The SMILES string of the molecule is CCN(CC)CCOc1ccccc1CNC(=O)c1ccc(-n2ccnc2)nc1. The van der Waals surface area contributed by atoms with E-state index in [0.29, 0.717) is 24.5 Å². The van der Waals surface area contributed by atoms with E-state index in [2.05, 4.69) is 34.0 Å². The molecular formula is C22H27N5O2. The summed E-state index contributed by atoms with van der Waals surface area (Å²) in [7, 11) is 0. The molecule has 0 bridgehead atoms. The maximum Gasteiger partial charge on any atom is 0.253 e. The Morgan fingerprint density at radius 3 is 2.69 bits per heavy atom. The Bertz CT molecular complexity index is 890. The molecule has 0 saturated heterocycles. The van der Waals surface area contributed by atoms with Crippen LogP contribution in [0.5, 0.6) is 5.75 Å². The van der Waals surface area contributed by atoms with Crippen molar-refractivity contribution >= 4 is 5.91 Å². The van der Waals surface area contributed by atoms with Gasteiger partial charge in [0.15, 0.2) is 0 Å². The van der Waals surface area contributed by atoms with E-state index in [1.54, 1.807) is 41.6 Å². The third-order valence-corrected chi connectivity index (χ3v) is 4.75. The number of para-hydroxylation sites is 1. The zero-order valence-electron chi connectivity index (χ0n) is 16.9. The van der Waals surface area contributed by atoms with Gasteiger partial charge in [0.05, 0.1) is 5.56 Å². The number of nitrogens with zero attached hydrogens (tertiary/aromatic N) is 4. The molecule has 3 aromatic rings. The normalized spacial score (nSPS) is 10.9. The van der Waals surface area contributed by atoms with Gasteiger partial charge in [0.2, 0.25) is 0 Å². The van der Waals surface area contributed by atoms with E-state index >= 15 is 0 Å². The quantitative estimate of drug-likeness (QED) is 0.573. The number of hydrogen-bond donors (Lipinski definition) is 1. The van der Waals surface area contributed by atoms with Gasteiger partial charge in [-0.1, -0.05) is 32.0 Å². The zero-order chi connectivity index (χ0) is 20.5. The molecule has 2 heterocycles. The van der Waals surface area contributed by atoms with Crippen LogP contribution in [0, 0.1) is 0 Å². The van der Waals surface area contributed by atoms with Crippen LogP contribution >= 0.6 is 0 Å². The Hall–Kier alpha value is -3.19. The van der Waals surface area contributed by atoms with Crippen molar-refractivity contribution in [3.63, 3.8) is 0 Å². The largest absolute Gasteiger partial charge is 0.492 e. The molecule has 2 aromatic heterocycles. The van der Waals surface area contributed by atoms with Crippen molar-refractivity contribution in [3.8, 4) is 11.6 Å². The van der Waals surface area contributed by atoms with Gasteiger partial charge in [-0.25, -0.2) is 9.97 Å². The summed E-state index contributed by atoms with van der Waals surface area (Å²) in [4.78, 5) is 23.1. The summed E-state index contributed by atoms with van der Waals surface area (Å²) < 4.78 is 7.74. The Morgan fingerprint density at radius 1 is 1.17 bits per heavy atom. The molecule has 0 aliphatic heterocycles. The van der Waals surface area contributed by atoms with Crippen LogP contribution in [0.4, 0.5) is 0 Å². The molecule has 7 nitrogen and oxygen atoms in total. The molecule has 1 aromatic carbocycles. The van der Waals surface area contributed by atoms with Crippen molar-refractivity contribution < 1.29 is 9.53 Å². The smallest absolute Gasteiger partial charge is 0.253 e. The lowest BCUT2D eigenvalue weighted by molar-refractivity contribution is 0.0950. The predicted molar refractivity (Wildman–Crippen MR) is 112 cm³/mol. The fraction of sp³-hybridized carbons (Fsp3) is 0.318. The highest BCUT2D eigenvalue weighted by Crippen LogP contribution is 2.18. The minimum atomic E-state index is -0.173. The second kappa shape index (κ2) is 10.4. The fourth-order valence-corrected chi connectivity index (χ4v) is 2.96. The first-order chi connectivity index (χ1) is 14.2. The van der Waals surface area contributed by atoms with E-state index in [-0.39, 0.29) is 5.91 Å². The molecule has 152 valence electrons. The Balaban J connectivity index is 1.56. The zero-order valence-corrected chi connectivity index (χ0v) is 16.9. The number of amides is 1. The molecule has 0 aliphatic carbocycles. The maximum absolute atomic E-state index is 12.5. The maximum atomic E-state index is 12.5. The topological polar surface area (TPSA) is 72.3 Å². The predicted octanol–water partition coefficient (Wildman–Crippen LogP) is 2.92. The average Bonchev–Trinajstić information content (AvgIpc) is 3.31. The lowest BCUT2D eigenvalue weighted by Crippen LogP contribution is -2.28. The number of carbonyl (C=O) groups is 1. The Labute approximate surface area is 171 Å². The van der Waals surface area contributed by atoms with Crippen LogP contribution in [0.1, 0.15) is 29.8 Å². The van der Waals surface area contributed by atoms with Gasteiger partial charge in [-0.15, -0.1) is 0 Å². The highest BCUT2D eigenvalue weighted by molar-refractivity contribution is 5.93. The number of aromatic nitrogens is 3. The van der Waals surface area contributed by atoms with Crippen molar-refractivity contribution in [2.24, 2.45) is 0 Å². The average molecular weight is 393 g/mol. The highest BCUT2D eigenvalue weighted by Gasteiger charge is 2.09. The van der Waals surface area contributed by atoms with Crippen molar-refractivity contribution in [1.29, 1.82) is 0 Å². The second-order valence-electron chi connectivity index (χ2n) is 6.54. The molecule has 0 spiro atoms. The fourth-order valence-electron chi connectivity index (χ4n) is 2.96. The number of nitrogens with one attached hydrogen (secondary N) is 1. The molecule has 1 amide bonds. The Morgan fingerprint density at radius 2 is 2.00 bits per heavy atom. The molecule has 0 radical (unpaired) electrons. The van der Waals surface area contributed by atoms with Crippen LogP contribution < -0.4 is 10.1 Å². The van der Waals surface area contributed by atoms with Gasteiger partial charge < -0.3 is 15.0 Å². The number of rotatable bonds is 10. The number of imidazole rings is 1. The lowest BCUT2D eigenvalue weighted by atomic mass is 10.2. The van der Waals surface area contributed by atoms with Crippen molar-refractivity contribution in [2.45, 2.75) is 20.4 Å². The van der Waals surface area contributed by atoms with E-state index in [1.807, 2.05) is 24.3 Å². The third kappa shape index (κ3) is 5.65. The number of pyridine rings is 1. The monoisotopic (exact) mass is 393 g/mol. The highest BCUT2D eigenvalue weighted by atomic mass is 16.5. The van der Waals surface area contributed by atoms with Crippen molar-refractivity contribution in [1.82, 2.24) is 24.8 Å². The second-order valence-corrected chi connectivity index (χ2v) is 6.54. The van der Waals surface area contributed by atoms with Gasteiger partial charge in [-0.2, -0.15) is 0 Å². The third-order valence-electron chi connectivity index (χ3n) is 4.75. The standard InChI is InChI=1S/C22H27N5O2/c1-3-26(4-2)13-14-29-20-8-6-5-7-18(20)15-25-22(28)19-9-10-21(24-16-19)27-12-11-23-17-27/h5-12,16-17H,3-4,13-15H2,1-2H3,(H,25,28). The summed E-state index contributed by atoms with van der Waals surface area (Å²) >= 11 is 0. The van der Waals surface area contributed by atoms with Gasteiger partial charge in [-0.05, 0) is 31.3 Å². The number of benzene rings is 1. The van der Waals surface area contributed by atoms with Crippen molar-refractivity contribution in [2.75, 3.05) is 26.2 Å². The van der Waals surface area contributed by atoms with Gasteiger partial charge in [0, 0.05) is 37.2 Å². The summed E-state index contributed by atoms with van der Waals surface area (Å²) in [5.74, 6) is 1.34. The van der Waals surface area contributed by atoms with E-state index in [4.69, 9.17) is 4.74 Å². The number of carbonyl (C=O) groups excluding carboxylic acids is 1. The summed E-state index contributed by atoms with van der Waals surface area (Å²) in [6.45, 7) is 8.18. The van der Waals surface area contributed by atoms with Gasteiger partial charge in [-0.3, -0.25) is 9.36 Å². The van der Waals surface area contributed by atoms with Crippen LogP contribution in [0.2, 0.25) is 0 Å². The number of likely N-dealkylation sites (N-methyl/N-ethyl adjacent to an activating group) is 1. The van der Waals surface area contributed by atoms with Crippen LogP contribution in [-0.2, 0) is 6.54 Å². The number of ether oxygens (including phenoxy) is 1. The molecule has 0 fully saturated rings. The first-order valence-corrected chi connectivity index (χ1v) is 9.87. The molecule has 0 unspecified atom stereocenters. The van der Waals surface area contributed by atoms with Crippen LogP contribution in [0.3, 0.4) is 0 Å².